The SMILES string of the molecule is CN[C@@H](CSCC(=O)NCCOCCOCCOCCOCCC(=O)OC1CC[C@@]2(C)C(=CCC3[C@@H]4CC[C@H](C)[C@@]4(C)CC[C@@H]32)C1)C(N)=O. The minimum atomic E-state index is -0.446. The second kappa shape index (κ2) is 19.8. The number of hydrogen-bond donors (Lipinski definition) is 3. The molecule has 0 heterocycles. The Morgan fingerprint density at radius 1 is 0.918 bits per heavy atom. The first kappa shape index (κ1) is 40.1. The van der Waals surface area contributed by atoms with Gasteiger partial charge in [-0.05, 0) is 86.5 Å². The van der Waals surface area contributed by atoms with Crippen LogP contribution in [0.2, 0.25) is 0 Å². The number of carbonyl (C=O) groups excluding carboxylic acids is 3. The Balaban J connectivity index is 0.945. The predicted molar refractivity (Wildman–Crippen MR) is 191 cm³/mol. The molecule has 0 aliphatic heterocycles. The van der Waals surface area contributed by atoms with Crippen molar-refractivity contribution in [2.45, 2.75) is 90.7 Å². The van der Waals surface area contributed by atoms with Crippen LogP contribution in [0.3, 0.4) is 0 Å². The van der Waals surface area contributed by atoms with Crippen molar-refractivity contribution in [2.75, 3.05) is 78.0 Å². The molecule has 49 heavy (non-hydrogen) atoms. The Bertz CT molecular complexity index is 1110. The third-order valence-electron chi connectivity index (χ3n) is 12.2. The van der Waals surface area contributed by atoms with Gasteiger partial charge in [0.05, 0.1) is 71.1 Å². The van der Waals surface area contributed by atoms with E-state index in [-0.39, 0.29) is 35.6 Å². The zero-order valence-electron chi connectivity index (χ0n) is 30.4. The van der Waals surface area contributed by atoms with Gasteiger partial charge in [0.2, 0.25) is 11.8 Å². The molecule has 0 aromatic heterocycles. The Hall–Kier alpha value is -1.70. The van der Waals surface area contributed by atoms with Gasteiger partial charge in [-0.25, -0.2) is 0 Å². The van der Waals surface area contributed by atoms with E-state index >= 15 is 0 Å². The number of rotatable bonds is 22. The average molecular weight is 710 g/mol. The van der Waals surface area contributed by atoms with Crippen molar-refractivity contribution in [3.63, 3.8) is 0 Å². The molecule has 4 aliphatic carbocycles. The van der Waals surface area contributed by atoms with Crippen molar-refractivity contribution in [1.82, 2.24) is 10.6 Å². The molecule has 3 fully saturated rings. The number of carbonyl (C=O) groups is 3. The number of nitrogens with two attached hydrogens (primary N) is 1. The Labute approximate surface area is 298 Å². The van der Waals surface area contributed by atoms with E-state index in [1.807, 2.05) is 0 Å². The number of amides is 2. The van der Waals surface area contributed by atoms with Crippen LogP contribution >= 0.6 is 11.8 Å². The fourth-order valence-corrected chi connectivity index (χ4v) is 10.0. The second-order valence-corrected chi connectivity index (χ2v) is 16.0. The molecule has 4 aliphatic rings. The number of nitrogens with one attached hydrogen (secondary N) is 2. The van der Waals surface area contributed by atoms with E-state index < -0.39 is 11.9 Å². The third-order valence-corrected chi connectivity index (χ3v) is 13.2. The summed E-state index contributed by atoms with van der Waals surface area (Å²) in [5.41, 5.74) is 7.62. The standard InChI is InChI=1S/C37H63N3O8S/c1-26-5-8-30-29-7-6-27-23-28(9-12-37(27,3)31(29)10-13-36(26,30)2)48-34(42)11-15-44-17-19-46-21-22-47-20-18-45-16-14-40-33(41)25-49-24-32(39-4)35(38)43/h6,26,28-32,39H,5,7-25H2,1-4H3,(H2,38,43)(H,40,41)/t26-,28?,29?,30-,31-,32-,36+,37-/m0/s1. The quantitative estimate of drug-likeness (QED) is 0.0860. The van der Waals surface area contributed by atoms with Gasteiger partial charge in [-0.15, -0.1) is 11.8 Å². The molecule has 0 saturated heterocycles. The average Bonchev–Trinajstić information content (AvgIpc) is 3.38. The number of thioether (sulfide) groups is 1. The zero-order valence-corrected chi connectivity index (χ0v) is 31.3. The van der Waals surface area contributed by atoms with Crippen molar-refractivity contribution in [1.29, 1.82) is 0 Å². The Morgan fingerprint density at radius 3 is 2.27 bits per heavy atom. The lowest BCUT2D eigenvalue weighted by molar-refractivity contribution is -0.152. The molecule has 0 bridgehead atoms. The molecule has 0 radical (unpaired) electrons. The summed E-state index contributed by atoms with van der Waals surface area (Å²) in [6, 6.07) is -0.446. The number of hydrogen-bond acceptors (Lipinski definition) is 10. The van der Waals surface area contributed by atoms with Crippen molar-refractivity contribution in [2.24, 2.45) is 40.2 Å². The van der Waals surface area contributed by atoms with Crippen LogP contribution in [0.25, 0.3) is 0 Å². The number of fused-ring (bicyclic) bond motifs is 5. The van der Waals surface area contributed by atoms with Crippen LogP contribution in [-0.4, -0.2) is 108 Å². The van der Waals surface area contributed by atoms with Gasteiger partial charge in [0, 0.05) is 18.7 Å². The molecule has 0 aromatic rings. The van der Waals surface area contributed by atoms with E-state index in [0.717, 1.165) is 42.9 Å². The van der Waals surface area contributed by atoms with Crippen LogP contribution in [0.5, 0.6) is 0 Å². The summed E-state index contributed by atoms with van der Waals surface area (Å²) in [5, 5.41) is 5.59. The highest BCUT2D eigenvalue weighted by Gasteiger charge is 2.57. The number of likely N-dealkylation sites (N-methyl/N-ethyl adjacent to an activating group) is 1. The van der Waals surface area contributed by atoms with Crippen LogP contribution in [-0.2, 0) is 38.1 Å². The molecule has 8 atom stereocenters. The van der Waals surface area contributed by atoms with Crippen LogP contribution < -0.4 is 16.4 Å². The summed E-state index contributed by atoms with van der Waals surface area (Å²) >= 11 is 1.35. The first-order valence-electron chi connectivity index (χ1n) is 18.6. The van der Waals surface area contributed by atoms with Crippen molar-refractivity contribution in [3.05, 3.63) is 11.6 Å². The fourth-order valence-electron chi connectivity index (χ4n) is 9.04. The molecule has 0 aromatic carbocycles. The van der Waals surface area contributed by atoms with E-state index in [1.165, 1.54) is 43.9 Å². The highest BCUT2D eigenvalue weighted by molar-refractivity contribution is 8.00. The highest BCUT2D eigenvalue weighted by Crippen LogP contribution is 2.66. The first-order valence-corrected chi connectivity index (χ1v) is 19.7. The number of allylic oxidation sites excluding steroid dienone is 1. The van der Waals surface area contributed by atoms with Gasteiger partial charge in [0.15, 0.2) is 0 Å². The van der Waals surface area contributed by atoms with Crippen molar-refractivity contribution >= 4 is 29.5 Å². The van der Waals surface area contributed by atoms with Gasteiger partial charge >= 0.3 is 5.97 Å². The summed E-state index contributed by atoms with van der Waals surface area (Å²) in [4.78, 5) is 35.6. The smallest absolute Gasteiger partial charge is 0.308 e. The molecule has 3 saturated carbocycles. The summed E-state index contributed by atoms with van der Waals surface area (Å²) in [5.74, 6) is 3.32. The molecule has 2 unspecified atom stereocenters. The fraction of sp³-hybridized carbons (Fsp3) is 0.865. The van der Waals surface area contributed by atoms with Gasteiger partial charge in [0.25, 0.3) is 0 Å². The summed E-state index contributed by atoms with van der Waals surface area (Å²) < 4.78 is 28.0. The van der Waals surface area contributed by atoms with Gasteiger partial charge in [0.1, 0.15) is 6.10 Å². The Morgan fingerprint density at radius 2 is 1.59 bits per heavy atom. The normalized spacial score (nSPS) is 31.2. The maximum Gasteiger partial charge on any atom is 0.308 e. The summed E-state index contributed by atoms with van der Waals surface area (Å²) in [6.07, 6.45) is 12.5. The largest absolute Gasteiger partial charge is 0.462 e. The molecule has 12 heteroatoms. The molecule has 280 valence electrons. The third kappa shape index (κ3) is 11.1. The van der Waals surface area contributed by atoms with E-state index in [9.17, 15) is 14.4 Å². The monoisotopic (exact) mass is 709 g/mol. The molecule has 4 N–H and O–H groups in total. The Kier molecular flexibility index (Phi) is 16.2. The van der Waals surface area contributed by atoms with Crippen LogP contribution in [0, 0.1) is 34.5 Å². The number of primary amides is 1. The summed E-state index contributed by atoms with van der Waals surface area (Å²) in [7, 11) is 1.66. The lowest BCUT2D eigenvalue weighted by Gasteiger charge is -2.58. The van der Waals surface area contributed by atoms with Gasteiger partial charge in [-0.1, -0.05) is 32.4 Å². The summed E-state index contributed by atoms with van der Waals surface area (Å²) in [6.45, 7) is 11.3. The van der Waals surface area contributed by atoms with Crippen molar-refractivity contribution in [3.8, 4) is 0 Å². The lowest BCUT2D eigenvalue weighted by Crippen LogP contribution is -2.50. The molecule has 4 rings (SSSR count). The van der Waals surface area contributed by atoms with Crippen LogP contribution in [0.1, 0.15) is 78.6 Å². The number of ether oxygens (including phenoxy) is 5. The maximum absolute atomic E-state index is 12.6. The van der Waals surface area contributed by atoms with Gasteiger partial charge in [-0.3, -0.25) is 14.4 Å². The lowest BCUT2D eigenvalue weighted by atomic mass is 9.47. The van der Waals surface area contributed by atoms with E-state index in [0.29, 0.717) is 70.6 Å². The zero-order chi connectivity index (χ0) is 35.3. The van der Waals surface area contributed by atoms with E-state index in [2.05, 4.69) is 37.5 Å². The molecular formula is C37H63N3O8S. The molecule has 11 nitrogen and oxygen atoms in total. The highest BCUT2D eigenvalue weighted by atomic mass is 32.2. The minimum Gasteiger partial charge on any atom is -0.462 e. The van der Waals surface area contributed by atoms with Crippen LogP contribution in [0.15, 0.2) is 11.6 Å². The predicted octanol–water partition coefficient (Wildman–Crippen LogP) is 3.88. The molecule has 0 spiro atoms. The minimum absolute atomic E-state index is 0.0129. The maximum atomic E-state index is 12.6. The second-order valence-electron chi connectivity index (χ2n) is 14.9. The first-order chi connectivity index (χ1) is 23.6. The van der Waals surface area contributed by atoms with E-state index in [1.54, 1.807) is 12.6 Å². The molecule has 2 amide bonds. The van der Waals surface area contributed by atoms with E-state index in [4.69, 9.17) is 29.4 Å². The topological polar surface area (TPSA) is 147 Å². The van der Waals surface area contributed by atoms with Crippen molar-refractivity contribution < 1.29 is 38.1 Å². The van der Waals surface area contributed by atoms with Gasteiger partial charge in [-0.2, -0.15) is 0 Å². The van der Waals surface area contributed by atoms with Crippen LogP contribution in [0.4, 0.5) is 0 Å². The van der Waals surface area contributed by atoms with Gasteiger partial charge < -0.3 is 40.1 Å². The molecular weight excluding hydrogens is 646 g/mol. The number of esters is 1.